The van der Waals surface area contributed by atoms with Crippen LogP contribution in [-0.4, -0.2) is 0 Å². The zero-order valence-corrected chi connectivity index (χ0v) is 9.84. The molecule has 0 amide bonds. The minimum atomic E-state index is -2.72. The summed E-state index contributed by atoms with van der Waals surface area (Å²) >= 11 is 0. The highest BCUT2D eigenvalue weighted by atomic mass is 19.3. The van der Waals surface area contributed by atoms with Crippen LogP contribution in [0.25, 0.3) is 0 Å². The van der Waals surface area contributed by atoms with Crippen LogP contribution in [-0.2, 0) is 5.92 Å². The molecular weight excluding hydrogens is 206 g/mol. The SMILES string of the molecule is CC1CCCC1c1ccccc1C(C)(F)F. The van der Waals surface area contributed by atoms with Crippen molar-refractivity contribution in [3.8, 4) is 0 Å². The van der Waals surface area contributed by atoms with Gasteiger partial charge in [-0.15, -0.1) is 0 Å². The first kappa shape index (κ1) is 11.6. The summed E-state index contributed by atoms with van der Waals surface area (Å²) in [6, 6.07) is 7.02. The summed E-state index contributed by atoms with van der Waals surface area (Å²) in [7, 11) is 0. The van der Waals surface area contributed by atoms with Crippen LogP contribution in [0.1, 0.15) is 50.2 Å². The lowest BCUT2D eigenvalue weighted by molar-refractivity contribution is 0.0160. The average Bonchev–Trinajstić information content (AvgIpc) is 2.63. The topological polar surface area (TPSA) is 0 Å². The summed E-state index contributed by atoms with van der Waals surface area (Å²) in [5, 5.41) is 0. The molecule has 0 spiro atoms. The summed E-state index contributed by atoms with van der Waals surface area (Å²) in [6.07, 6.45) is 3.37. The molecule has 1 aromatic rings. The van der Waals surface area contributed by atoms with Crippen molar-refractivity contribution < 1.29 is 8.78 Å². The van der Waals surface area contributed by atoms with Gasteiger partial charge in [-0.2, -0.15) is 0 Å². The number of hydrogen-bond donors (Lipinski definition) is 0. The maximum atomic E-state index is 13.5. The van der Waals surface area contributed by atoms with Crippen molar-refractivity contribution in [3.05, 3.63) is 35.4 Å². The maximum Gasteiger partial charge on any atom is 0.270 e. The lowest BCUT2D eigenvalue weighted by Gasteiger charge is -2.22. The Bertz CT molecular complexity index is 365. The fourth-order valence-corrected chi connectivity index (χ4v) is 2.83. The largest absolute Gasteiger partial charge is 0.270 e. The summed E-state index contributed by atoms with van der Waals surface area (Å²) < 4.78 is 27.0. The van der Waals surface area contributed by atoms with Crippen LogP contribution in [0.3, 0.4) is 0 Å². The van der Waals surface area contributed by atoms with Crippen molar-refractivity contribution >= 4 is 0 Å². The summed E-state index contributed by atoms with van der Waals surface area (Å²) in [6.45, 7) is 3.16. The lowest BCUT2D eigenvalue weighted by Crippen LogP contribution is -2.14. The van der Waals surface area contributed by atoms with Crippen LogP contribution in [0.2, 0.25) is 0 Å². The van der Waals surface area contributed by atoms with E-state index in [2.05, 4.69) is 6.92 Å². The molecule has 0 heterocycles. The van der Waals surface area contributed by atoms with E-state index in [1.165, 1.54) is 0 Å². The number of rotatable bonds is 2. The second-order valence-electron chi connectivity index (χ2n) is 4.99. The molecule has 2 rings (SSSR count). The van der Waals surface area contributed by atoms with Crippen molar-refractivity contribution in [1.29, 1.82) is 0 Å². The van der Waals surface area contributed by atoms with Crippen molar-refractivity contribution in [1.82, 2.24) is 0 Å². The Kier molecular flexibility index (Phi) is 3.00. The van der Waals surface area contributed by atoms with Crippen LogP contribution in [0, 0.1) is 5.92 Å². The molecule has 1 aromatic carbocycles. The van der Waals surface area contributed by atoms with E-state index >= 15 is 0 Å². The van der Waals surface area contributed by atoms with Crippen molar-refractivity contribution in [2.24, 2.45) is 5.92 Å². The van der Waals surface area contributed by atoms with Gasteiger partial charge in [-0.05, 0) is 23.8 Å². The van der Waals surface area contributed by atoms with Crippen molar-refractivity contribution in [2.75, 3.05) is 0 Å². The van der Waals surface area contributed by atoms with Crippen molar-refractivity contribution in [2.45, 2.75) is 45.0 Å². The minimum absolute atomic E-state index is 0.216. The Balaban J connectivity index is 2.40. The van der Waals surface area contributed by atoms with E-state index in [-0.39, 0.29) is 5.56 Å². The molecule has 0 saturated heterocycles. The Morgan fingerprint density at radius 3 is 2.44 bits per heavy atom. The standard InChI is InChI=1S/C14H18F2/c1-10-6-5-8-11(10)12-7-3-4-9-13(12)14(2,15)16/h3-4,7,9-11H,5-6,8H2,1-2H3. The molecular formula is C14H18F2. The number of halogens is 2. The van der Waals surface area contributed by atoms with Crippen molar-refractivity contribution in [3.63, 3.8) is 0 Å². The Morgan fingerprint density at radius 1 is 1.19 bits per heavy atom. The molecule has 0 N–H and O–H groups in total. The molecule has 0 radical (unpaired) electrons. The number of alkyl halides is 2. The molecule has 1 fully saturated rings. The first-order valence-corrected chi connectivity index (χ1v) is 5.97. The molecule has 1 aliphatic rings. The minimum Gasteiger partial charge on any atom is -0.202 e. The third-order valence-electron chi connectivity index (χ3n) is 3.69. The molecule has 1 aliphatic carbocycles. The van der Waals surface area contributed by atoms with E-state index in [0.717, 1.165) is 31.7 Å². The molecule has 0 bridgehead atoms. The fourth-order valence-electron chi connectivity index (χ4n) is 2.83. The zero-order valence-electron chi connectivity index (χ0n) is 9.84. The lowest BCUT2D eigenvalue weighted by atomic mass is 9.85. The van der Waals surface area contributed by atoms with Gasteiger partial charge in [0.2, 0.25) is 0 Å². The molecule has 2 unspecified atom stereocenters. The Hall–Kier alpha value is -0.920. The van der Waals surface area contributed by atoms with Crippen LogP contribution >= 0.6 is 0 Å². The highest BCUT2D eigenvalue weighted by Gasteiger charge is 2.33. The summed E-state index contributed by atoms with van der Waals surface area (Å²) in [4.78, 5) is 0. The summed E-state index contributed by atoms with van der Waals surface area (Å²) in [5.41, 5.74) is 1.08. The molecule has 0 aliphatic heterocycles. The van der Waals surface area contributed by atoms with Gasteiger partial charge in [0.15, 0.2) is 0 Å². The number of hydrogen-bond acceptors (Lipinski definition) is 0. The highest BCUT2D eigenvalue weighted by Crippen LogP contribution is 2.43. The molecule has 2 heteroatoms. The molecule has 0 nitrogen and oxygen atoms in total. The average molecular weight is 224 g/mol. The van der Waals surface area contributed by atoms with E-state index < -0.39 is 5.92 Å². The first-order chi connectivity index (χ1) is 7.50. The van der Waals surface area contributed by atoms with E-state index in [4.69, 9.17) is 0 Å². The molecule has 1 saturated carbocycles. The van der Waals surface area contributed by atoms with Gasteiger partial charge >= 0.3 is 0 Å². The molecule has 16 heavy (non-hydrogen) atoms. The van der Waals surface area contributed by atoms with Gasteiger partial charge in [0.05, 0.1) is 0 Å². The van der Waals surface area contributed by atoms with Gasteiger partial charge in [0, 0.05) is 12.5 Å². The predicted molar refractivity (Wildman–Crippen MR) is 61.8 cm³/mol. The first-order valence-electron chi connectivity index (χ1n) is 5.97. The van der Waals surface area contributed by atoms with Crippen LogP contribution in [0.4, 0.5) is 8.78 Å². The van der Waals surface area contributed by atoms with E-state index in [1.54, 1.807) is 12.1 Å². The maximum absolute atomic E-state index is 13.5. The van der Waals surface area contributed by atoms with Crippen LogP contribution < -0.4 is 0 Å². The third kappa shape index (κ3) is 2.11. The monoisotopic (exact) mass is 224 g/mol. The van der Waals surface area contributed by atoms with Crippen LogP contribution in [0.15, 0.2) is 24.3 Å². The van der Waals surface area contributed by atoms with Gasteiger partial charge in [-0.1, -0.05) is 44.0 Å². The second kappa shape index (κ2) is 4.15. The molecule has 2 atom stereocenters. The Labute approximate surface area is 95.7 Å². The van der Waals surface area contributed by atoms with Gasteiger partial charge in [-0.25, -0.2) is 8.78 Å². The smallest absolute Gasteiger partial charge is 0.202 e. The third-order valence-corrected chi connectivity index (χ3v) is 3.69. The second-order valence-corrected chi connectivity index (χ2v) is 4.99. The zero-order chi connectivity index (χ0) is 11.8. The van der Waals surface area contributed by atoms with Crippen LogP contribution in [0.5, 0.6) is 0 Å². The Morgan fingerprint density at radius 2 is 1.88 bits per heavy atom. The normalized spacial score (nSPS) is 26.0. The van der Waals surface area contributed by atoms with Gasteiger partial charge in [0.1, 0.15) is 0 Å². The van der Waals surface area contributed by atoms with Gasteiger partial charge < -0.3 is 0 Å². The number of benzene rings is 1. The molecule has 0 aromatic heterocycles. The van der Waals surface area contributed by atoms with E-state index in [1.807, 2.05) is 12.1 Å². The molecule has 88 valence electrons. The van der Waals surface area contributed by atoms with Gasteiger partial charge in [0.25, 0.3) is 5.92 Å². The quantitative estimate of drug-likeness (QED) is 0.683. The van der Waals surface area contributed by atoms with E-state index in [9.17, 15) is 8.78 Å². The fraction of sp³-hybridized carbons (Fsp3) is 0.571. The van der Waals surface area contributed by atoms with Gasteiger partial charge in [-0.3, -0.25) is 0 Å². The van der Waals surface area contributed by atoms with E-state index in [0.29, 0.717) is 11.8 Å². The predicted octanol–water partition coefficient (Wildman–Crippen LogP) is 4.70. The highest BCUT2D eigenvalue weighted by molar-refractivity contribution is 5.34. The summed E-state index contributed by atoms with van der Waals surface area (Å²) in [5.74, 6) is -1.87.